The van der Waals surface area contributed by atoms with Crippen LogP contribution in [0.15, 0.2) is 42.5 Å². The maximum atomic E-state index is 12.8. The number of halogens is 2. The third kappa shape index (κ3) is 6.62. The molecule has 0 radical (unpaired) electrons. The van der Waals surface area contributed by atoms with Crippen LogP contribution in [0.4, 0.5) is 5.69 Å². The van der Waals surface area contributed by atoms with Gasteiger partial charge in [0, 0.05) is 18.5 Å². The van der Waals surface area contributed by atoms with Crippen molar-refractivity contribution in [2.75, 3.05) is 19.5 Å². The Hall–Kier alpha value is -3.10. The molecule has 2 aromatic carbocycles. The summed E-state index contributed by atoms with van der Waals surface area (Å²) in [5, 5.41) is 5.99. The molecule has 1 saturated carbocycles. The summed E-state index contributed by atoms with van der Waals surface area (Å²) in [6, 6.07) is 10.8. The molecule has 2 N–H and O–H groups in total. The van der Waals surface area contributed by atoms with E-state index in [-0.39, 0.29) is 57.6 Å². The smallest absolute Gasteiger partial charge is 0.328 e. The number of methoxy groups -OCH3 is 2. The average Bonchev–Trinajstić information content (AvgIpc) is 2.86. The highest BCUT2D eigenvalue weighted by Crippen LogP contribution is 2.53. The van der Waals surface area contributed by atoms with E-state index in [1.54, 1.807) is 42.5 Å². The maximum Gasteiger partial charge on any atom is 0.328 e. The number of amides is 2. The Morgan fingerprint density at radius 2 is 1.62 bits per heavy atom. The van der Waals surface area contributed by atoms with Crippen molar-refractivity contribution >= 4 is 52.6 Å². The fraction of sp³-hybridized carbons (Fsp3) is 0.407. The minimum atomic E-state index is -0.889. The third-order valence-corrected chi connectivity index (χ3v) is 7.68. The molecule has 0 aliphatic heterocycles. The van der Waals surface area contributed by atoms with E-state index >= 15 is 0 Å². The van der Waals surface area contributed by atoms with Gasteiger partial charge in [0.15, 0.2) is 0 Å². The van der Waals surface area contributed by atoms with Gasteiger partial charge in [-0.15, -0.1) is 0 Å². The Morgan fingerprint density at radius 3 is 2.16 bits per heavy atom. The van der Waals surface area contributed by atoms with Gasteiger partial charge in [-0.3, -0.25) is 14.4 Å². The van der Waals surface area contributed by atoms with Crippen molar-refractivity contribution in [3.8, 4) is 0 Å². The van der Waals surface area contributed by atoms with E-state index in [1.807, 2.05) is 13.8 Å². The first-order valence-corrected chi connectivity index (χ1v) is 12.5. The second kappa shape index (κ2) is 12.0. The molecule has 1 aliphatic rings. The van der Waals surface area contributed by atoms with Crippen molar-refractivity contribution < 1.29 is 28.7 Å². The zero-order valence-corrected chi connectivity index (χ0v) is 22.6. The molecule has 0 bridgehead atoms. The van der Waals surface area contributed by atoms with E-state index in [9.17, 15) is 19.2 Å². The number of benzene rings is 2. The van der Waals surface area contributed by atoms with Crippen LogP contribution in [-0.2, 0) is 30.3 Å². The zero-order valence-electron chi connectivity index (χ0n) is 21.1. The van der Waals surface area contributed by atoms with Gasteiger partial charge >= 0.3 is 11.9 Å². The molecule has 1 fully saturated rings. The second-order valence-electron chi connectivity index (χ2n) is 9.63. The Balaban J connectivity index is 1.61. The number of nitrogens with one attached hydrogen (secondary N) is 2. The van der Waals surface area contributed by atoms with Gasteiger partial charge < -0.3 is 20.1 Å². The van der Waals surface area contributed by atoms with E-state index in [0.29, 0.717) is 12.1 Å². The topological polar surface area (TPSA) is 111 Å². The van der Waals surface area contributed by atoms with Crippen molar-refractivity contribution in [3.63, 3.8) is 0 Å². The SMILES string of the molecule is COC(=O)[C@H](Cc1ccc(NC(=O)c2c(Cl)cccc2Cl)cc1)NC(=O)C[C@H]1C[C@@H](C(=O)OC)C1(C)C. The number of rotatable bonds is 9. The lowest BCUT2D eigenvalue weighted by Crippen LogP contribution is -2.52. The third-order valence-electron chi connectivity index (χ3n) is 7.05. The number of hydrogen-bond acceptors (Lipinski definition) is 6. The molecule has 2 amide bonds. The lowest BCUT2D eigenvalue weighted by atomic mass is 9.54. The molecule has 8 nitrogen and oxygen atoms in total. The second-order valence-corrected chi connectivity index (χ2v) is 10.4. The normalized spacial score (nSPS) is 18.6. The molecule has 1 aliphatic carbocycles. The summed E-state index contributed by atoms with van der Waals surface area (Å²) < 4.78 is 9.73. The molecule has 0 saturated heterocycles. The van der Waals surface area contributed by atoms with Crippen LogP contribution in [0.5, 0.6) is 0 Å². The number of ether oxygens (including phenoxy) is 2. The van der Waals surface area contributed by atoms with Crippen LogP contribution < -0.4 is 10.6 Å². The monoisotopic (exact) mass is 548 g/mol. The minimum Gasteiger partial charge on any atom is -0.469 e. The number of anilines is 1. The van der Waals surface area contributed by atoms with Crippen molar-refractivity contribution in [2.45, 2.75) is 39.2 Å². The Morgan fingerprint density at radius 1 is 1.00 bits per heavy atom. The number of esters is 2. The van der Waals surface area contributed by atoms with E-state index in [0.717, 1.165) is 5.56 Å². The molecule has 0 unspecified atom stereocenters. The maximum absolute atomic E-state index is 12.8. The van der Waals surface area contributed by atoms with Gasteiger partial charge in [-0.1, -0.05) is 55.2 Å². The molecule has 10 heteroatoms. The van der Waals surface area contributed by atoms with Crippen LogP contribution in [0.2, 0.25) is 10.0 Å². The highest BCUT2D eigenvalue weighted by Gasteiger charge is 2.52. The molecule has 2 aromatic rings. The number of hydrogen-bond donors (Lipinski definition) is 2. The first kappa shape index (κ1) is 28.5. The van der Waals surface area contributed by atoms with Crippen molar-refractivity contribution in [1.29, 1.82) is 0 Å². The first-order chi connectivity index (χ1) is 17.5. The highest BCUT2D eigenvalue weighted by molar-refractivity contribution is 6.40. The lowest BCUT2D eigenvalue weighted by Gasteiger charge is -2.50. The molecular formula is C27H30Cl2N2O6. The van der Waals surface area contributed by atoms with Gasteiger partial charge in [0.1, 0.15) is 6.04 Å². The van der Waals surface area contributed by atoms with Gasteiger partial charge in [-0.25, -0.2) is 4.79 Å². The van der Waals surface area contributed by atoms with Crippen LogP contribution in [0.25, 0.3) is 0 Å². The van der Waals surface area contributed by atoms with Crippen molar-refractivity contribution in [2.24, 2.45) is 17.3 Å². The number of carbonyl (C=O) groups excluding carboxylic acids is 4. The summed E-state index contributed by atoms with van der Waals surface area (Å²) in [4.78, 5) is 49.7. The zero-order chi connectivity index (χ0) is 27.3. The van der Waals surface area contributed by atoms with Crippen LogP contribution in [0.3, 0.4) is 0 Å². The predicted octanol–water partition coefficient (Wildman–Crippen LogP) is 4.67. The summed E-state index contributed by atoms with van der Waals surface area (Å²) >= 11 is 12.2. The average molecular weight is 549 g/mol. The summed E-state index contributed by atoms with van der Waals surface area (Å²) in [5.74, 6) is -1.85. The molecule has 37 heavy (non-hydrogen) atoms. The van der Waals surface area contributed by atoms with Crippen LogP contribution in [0, 0.1) is 17.3 Å². The standard InChI is InChI=1S/C27H30Cl2N2O6/c1-27(2)16(13-18(27)25(34)36-3)14-22(32)31-21(26(35)37-4)12-15-8-10-17(11-9-15)30-24(33)23-19(28)6-5-7-20(23)29/h5-11,16,18,21H,12-14H2,1-4H3,(H,30,33)(H,31,32)/t16-,18+,21+/m1/s1. The summed E-state index contributed by atoms with van der Waals surface area (Å²) in [6.07, 6.45) is 0.938. The fourth-order valence-electron chi connectivity index (χ4n) is 4.59. The molecule has 3 rings (SSSR count). The Kier molecular flexibility index (Phi) is 9.21. The molecule has 198 valence electrons. The van der Waals surface area contributed by atoms with E-state index in [2.05, 4.69) is 10.6 Å². The molecule has 0 aromatic heterocycles. The molecular weight excluding hydrogens is 519 g/mol. The Bertz CT molecular complexity index is 1160. The lowest BCUT2D eigenvalue weighted by molar-refractivity contribution is -0.164. The van der Waals surface area contributed by atoms with Crippen LogP contribution in [0.1, 0.15) is 42.6 Å². The largest absolute Gasteiger partial charge is 0.469 e. The van der Waals surface area contributed by atoms with E-state index < -0.39 is 17.9 Å². The predicted molar refractivity (Wildman–Crippen MR) is 141 cm³/mol. The van der Waals surface area contributed by atoms with Gasteiger partial charge in [0.25, 0.3) is 5.91 Å². The van der Waals surface area contributed by atoms with Crippen molar-refractivity contribution in [3.05, 3.63) is 63.6 Å². The van der Waals surface area contributed by atoms with Crippen molar-refractivity contribution in [1.82, 2.24) is 5.32 Å². The summed E-state index contributed by atoms with van der Waals surface area (Å²) in [7, 11) is 2.62. The van der Waals surface area contributed by atoms with E-state index in [1.165, 1.54) is 14.2 Å². The van der Waals surface area contributed by atoms with Gasteiger partial charge in [0.2, 0.25) is 5.91 Å². The fourth-order valence-corrected chi connectivity index (χ4v) is 5.15. The summed E-state index contributed by atoms with van der Waals surface area (Å²) in [6.45, 7) is 3.88. The molecule has 3 atom stereocenters. The molecule has 0 heterocycles. The minimum absolute atomic E-state index is 0.00980. The van der Waals surface area contributed by atoms with Gasteiger partial charge in [-0.2, -0.15) is 0 Å². The number of carbonyl (C=O) groups is 4. The van der Waals surface area contributed by atoms with Crippen LogP contribution >= 0.6 is 23.2 Å². The summed E-state index contributed by atoms with van der Waals surface area (Å²) in [5.41, 5.74) is 1.06. The van der Waals surface area contributed by atoms with Crippen LogP contribution in [-0.4, -0.2) is 44.0 Å². The first-order valence-electron chi connectivity index (χ1n) is 11.8. The van der Waals surface area contributed by atoms with E-state index in [4.69, 9.17) is 32.7 Å². The quantitative estimate of drug-likeness (QED) is 0.440. The molecule has 0 spiro atoms. The van der Waals surface area contributed by atoms with Gasteiger partial charge in [0.05, 0.1) is 35.7 Å². The Labute approximate surface area is 226 Å². The van der Waals surface area contributed by atoms with Gasteiger partial charge in [-0.05, 0) is 47.6 Å². The highest BCUT2D eigenvalue weighted by atomic mass is 35.5.